The standard InChI is InChI=1S/C15H30N2O/c1-13(11-17-7-4-3-5-8-17)10-16-14(2)15-6-9-18-12-15/h13-16H,3-12H2,1-2H3. The Labute approximate surface area is 112 Å². The lowest BCUT2D eigenvalue weighted by molar-refractivity contribution is 0.174. The summed E-state index contributed by atoms with van der Waals surface area (Å²) in [6.07, 6.45) is 5.46. The molecule has 18 heavy (non-hydrogen) atoms. The van der Waals surface area contributed by atoms with E-state index < -0.39 is 0 Å². The van der Waals surface area contributed by atoms with Crippen LogP contribution in [0, 0.1) is 11.8 Å². The highest BCUT2D eigenvalue weighted by Gasteiger charge is 2.22. The molecule has 0 aromatic rings. The zero-order chi connectivity index (χ0) is 12.8. The average molecular weight is 254 g/mol. The largest absolute Gasteiger partial charge is 0.381 e. The zero-order valence-corrected chi connectivity index (χ0v) is 12.2. The van der Waals surface area contributed by atoms with Gasteiger partial charge in [-0.3, -0.25) is 0 Å². The molecule has 3 atom stereocenters. The molecule has 106 valence electrons. The third-order valence-electron chi connectivity index (χ3n) is 4.48. The number of rotatable bonds is 6. The molecule has 2 aliphatic heterocycles. The van der Waals surface area contributed by atoms with E-state index in [0.717, 1.165) is 31.6 Å². The molecule has 2 heterocycles. The van der Waals surface area contributed by atoms with E-state index >= 15 is 0 Å². The minimum Gasteiger partial charge on any atom is -0.381 e. The molecule has 0 bridgehead atoms. The van der Waals surface area contributed by atoms with Gasteiger partial charge in [-0.15, -0.1) is 0 Å². The first kappa shape index (κ1) is 14.3. The van der Waals surface area contributed by atoms with Crippen LogP contribution in [0.4, 0.5) is 0 Å². The van der Waals surface area contributed by atoms with Gasteiger partial charge in [-0.1, -0.05) is 13.3 Å². The molecule has 2 saturated heterocycles. The second-order valence-corrected chi connectivity index (χ2v) is 6.29. The van der Waals surface area contributed by atoms with Gasteiger partial charge in [-0.2, -0.15) is 0 Å². The Morgan fingerprint density at radius 3 is 2.67 bits per heavy atom. The summed E-state index contributed by atoms with van der Waals surface area (Å²) in [6, 6.07) is 0.608. The summed E-state index contributed by atoms with van der Waals surface area (Å²) >= 11 is 0. The van der Waals surface area contributed by atoms with Crippen molar-refractivity contribution in [1.82, 2.24) is 10.2 Å². The maximum Gasteiger partial charge on any atom is 0.0509 e. The van der Waals surface area contributed by atoms with Crippen molar-refractivity contribution in [2.24, 2.45) is 11.8 Å². The first-order valence-corrected chi connectivity index (χ1v) is 7.79. The van der Waals surface area contributed by atoms with Gasteiger partial charge in [0.2, 0.25) is 0 Å². The van der Waals surface area contributed by atoms with Gasteiger partial charge in [-0.05, 0) is 57.7 Å². The summed E-state index contributed by atoms with van der Waals surface area (Å²) < 4.78 is 5.46. The smallest absolute Gasteiger partial charge is 0.0509 e. The summed E-state index contributed by atoms with van der Waals surface area (Å²) in [4.78, 5) is 2.64. The van der Waals surface area contributed by atoms with Gasteiger partial charge >= 0.3 is 0 Å². The van der Waals surface area contributed by atoms with Crippen LogP contribution in [0.5, 0.6) is 0 Å². The van der Waals surface area contributed by atoms with E-state index in [9.17, 15) is 0 Å². The molecule has 2 fully saturated rings. The van der Waals surface area contributed by atoms with E-state index in [4.69, 9.17) is 4.74 Å². The first-order valence-electron chi connectivity index (χ1n) is 7.79. The molecular formula is C15H30N2O. The van der Waals surface area contributed by atoms with Gasteiger partial charge < -0.3 is 15.0 Å². The maximum atomic E-state index is 5.46. The highest BCUT2D eigenvalue weighted by molar-refractivity contribution is 4.77. The highest BCUT2D eigenvalue weighted by Crippen LogP contribution is 2.16. The molecule has 3 heteroatoms. The molecule has 2 rings (SSSR count). The molecule has 0 spiro atoms. The Morgan fingerprint density at radius 1 is 1.22 bits per heavy atom. The van der Waals surface area contributed by atoms with Gasteiger partial charge in [0.1, 0.15) is 0 Å². The van der Waals surface area contributed by atoms with Gasteiger partial charge in [0, 0.05) is 19.2 Å². The SMILES string of the molecule is CC(CNC(C)C1CCOC1)CN1CCCCC1. The average Bonchev–Trinajstić information content (AvgIpc) is 2.91. The molecule has 1 N–H and O–H groups in total. The van der Waals surface area contributed by atoms with Crippen LogP contribution < -0.4 is 5.32 Å². The van der Waals surface area contributed by atoms with Crippen molar-refractivity contribution in [1.29, 1.82) is 0 Å². The summed E-state index contributed by atoms with van der Waals surface area (Å²) in [6.45, 7) is 11.6. The lowest BCUT2D eigenvalue weighted by Crippen LogP contribution is -2.40. The number of nitrogens with one attached hydrogen (secondary N) is 1. The number of ether oxygens (including phenoxy) is 1. The van der Waals surface area contributed by atoms with Crippen LogP contribution in [0.1, 0.15) is 39.5 Å². The predicted molar refractivity (Wildman–Crippen MR) is 75.8 cm³/mol. The van der Waals surface area contributed by atoms with E-state index in [1.807, 2.05) is 0 Å². The predicted octanol–water partition coefficient (Wildman–Crippen LogP) is 2.12. The molecule has 0 radical (unpaired) electrons. The van der Waals surface area contributed by atoms with Crippen molar-refractivity contribution in [3.05, 3.63) is 0 Å². The van der Waals surface area contributed by atoms with Crippen LogP contribution in [0.25, 0.3) is 0 Å². The number of hydrogen-bond acceptors (Lipinski definition) is 3. The Kier molecular flexibility index (Phi) is 5.93. The fourth-order valence-electron chi connectivity index (χ4n) is 3.15. The van der Waals surface area contributed by atoms with Crippen LogP contribution in [-0.4, -0.2) is 50.3 Å². The lowest BCUT2D eigenvalue weighted by atomic mass is 10.00. The highest BCUT2D eigenvalue weighted by atomic mass is 16.5. The molecule has 0 aromatic carbocycles. The Bertz CT molecular complexity index is 223. The van der Waals surface area contributed by atoms with E-state index in [1.54, 1.807) is 0 Å². The van der Waals surface area contributed by atoms with Crippen LogP contribution in [-0.2, 0) is 4.74 Å². The minimum absolute atomic E-state index is 0.608. The second kappa shape index (κ2) is 7.46. The third-order valence-corrected chi connectivity index (χ3v) is 4.48. The van der Waals surface area contributed by atoms with Crippen molar-refractivity contribution >= 4 is 0 Å². The summed E-state index contributed by atoms with van der Waals surface area (Å²) in [5, 5.41) is 3.71. The maximum absolute atomic E-state index is 5.46. The molecule has 3 nitrogen and oxygen atoms in total. The normalized spacial score (nSPS) is 29.3. The molecular weight excluding hydrogens is 224 g/mol. The summed E-state index contributed by atoms with van der Waals surface area (Å²) in [7, 11) is 0. The monoisotopic (exact) mass is 254 g/mol. The van der Waals surface area contributed by atoms with Crippen LogP contribution in [0.3, 0.4) is 0 Å². The van der Waals surface area contributed by atoms with Gasteiger partial charge in [-0.25, -0.2) is 0 Å². The number of nitrogens with zero attached hydrogens (tertiary/aromatic N) is 1. The zero-order valence-electron chi connectivity index (χ0n) is 12.2. The third kappa shape index (κ3) is 4.52. The van der Waals surface area contributed by atoms with Crippen molar-refractivity contribution in [3.8, 4) is 0 Å². The molecule has 2 aliphatic rings. The fourth-order valence-corrected chi connectivity index (χ4v) is 3.15. The van der Waals surface area contributed by atoms with Gasteiger partial charge in [0.25, 0.3) is 0 Å². The molecule has 0 aromatic heterocycles. The summed E-state index contributed by atoms with van der Waals surface area (Å²) in [5.74, 6) is 1.49. The molecule has 0 amide bonds. The van der Waals surface area contributed by atoms with Gasteiger partial charge in [0.05, 0.1) is 6.61 Å². The Balaban J connectivity index is 1.59. The second-order valence-electron chi connectivity index (χ2n) is 6.29. The quantitative estimate of drug-likeness (QED) is 0.786. The first-order chi connectivity index (χ1) is 8.75. The van der Waals surface area contributed by atoms with Crippen LogP contribution in [0.2, 0.25) is 0 Å². The van der Waals surface area contributed by atoms with E-state index in [0.29, 0.717) is 6.04 Å². The Hall–Kier alpha value is -0.120. The number of likely N-dealkylation sites (tertiary alicyclic amines) is 1. The number of hydrogen-bond donors (Lipinski definition) is 1. The molecule has 3 unspecified atom stereocenters. The van der Waals surface area contributed by atoms with Crippen molar-refractivity contribution in [2.75, 3.05) is 39.4 Å². The van der Waals surface area contributed by atoms with Crippen LogP contribution in [0.15, 0.2) is 0 Å². The van der Waals surface area contributed by atoms with Crippen molar-refractivity contribution in [2.45, 2.75) is 45.6 Å². The Morgan fingerprint density at radius 2 is 2.00 bits per heavy atom. The fraction of sp³-hybridized carbons (Fsp3) is 1.00. The van der Waals surface area contributed by atoms with E-state index in [1.165, 1.54) is 45.3 Å². The number of piperidine rings is 1. The molecule has 0 saturated carbocycles. The molecule has 0 aliphatic carbocycles. The topological polar surface area (TPSA) is 24.5 Å². The lowest BCUT2D eigenvalue weighted by Gasteiger charge is -2.30. The van der Waals surface area contributed by atoms with Crippen LogP contribution >= 0.6 is 0 Å². The minimum atomic E-state index is 0.608. The van der Waals surface area contributed by atoms with Crippen molar-refractivity contribution in [3.63, 3.8) is 0 Å². The van der Waals surface area contributed by atoms with E-state index in [-0.39, 0.29) is 0 Å². The van der Waals surface area contributed by atoms with Crippen molar-refractivity contribution < 1.29 is 4.74 Å². The summed E-state index contributed by atoms with van der Waals surface area (Å²) in [5.41, 5.74) is 0. The van der Waals surface area contributed by atoms with E-state index in [2.05, 4.69) is 24.1 Å². The van der Waals surface area contributed by atoms with Gasteiger partial charge in [0.15, 0.2) is 0 Å².